The van der Waals surface area contributed by atoms with E-state index in [2.05, 4.69) is 20.7 Å². The van der Waals surface area contributed by atoms with Crippen LogP contribution in [0.3, 0.4) is 0 Å². The summed E-state index contributed by atoms with van der Waals surface area (Å²) in [4.78, 5) is 13.3. The van der Waals surface area contributed by atoms with Gasteiger partial charge in [0.25, 0.3) is 5.91 Å². The zero-order valence-electron chi connectivity index (χ0n) is 13.6. The molecule has 26 heavy (non-hydrogen) atoms. The first kappa shape index (κ1) is 17.6. The normalized spacial score (nSPS) is 12.6. The van der Waals surface area contributed by atoms with Crippen molar-refractivity contribution in [3.05, 3.63) is 60.2 Å². The standard InChI is InChI=1S/C17H14F3N5O/c1-11(16(26)21-14-8-3-2-4-9-14)25-23-15(22-24-25)12-6-5-7-13(10-12)17(18,19)20/h2-11H,1H3,(H,21,26). The average Bonchev–Trinajstić information content (AvgIpc) is 3.11. The van der Waals surface area contributed by atoms with Crippen molar-refractivity contribution in [3.63, 3.8) is 0 Å². The molecule has 6 nitrogen and oxygen atoms in total. The average molecular weight is 361 g/mol. The number of nitrogens with one attached hydrogen (secondary N) is 1. The van der Waals surface area contributed by atoms with Crippen molar-refractivity contribution in [2.45, 2.75) is 19.1 Å². The van der Waals surface area contributed by atoms with Crippen LogP contribution in [-0.2, 0) is 11.0 Å². The zero-order valence-corrected chi connectivity index (χ0v) is 13.6. The number of carbonyl (C=O) groups excluding carboxylic acids is 1. The molecule has 1 unspecified atom stereocenters. The lowest BCUT2D eigenvalue weighted by molar-refractivity contribution is -0.137. The first-order valence-corrected chi connectivity index (χ1v) is 7.67. The molecule has 2 aromatic carbocycles. The van der Waals surface area contributed by atoms with Gasteiger partial charge in [0.15, 0.2) is 0 Å². The minimum atomic E-state index is -4.46. The fourth-order valence-electron chi connectivity index (χ4n) is 2.21. The second kappa shape index (κ2) is 6.95. The van der Waals surface area contributed by atoms with Gasteiger partial charge in [-0.3, -0.25) is 4.79 Å². The number of amides is 1. The molecule has 0 aliphatic heterocycles. The number of halogens is 3. The van der Waals surface area contributed by atoms with Gasteiger partial charge in [0.1, 0.15) is 6.04 Å². The van der Waals surface area contributed by atoms with Gasteiger partial charge in [-0.05, 0) is 36.4 Å². The molecule has 9 heteroatoms. The SMILES string of the molecule is CC(C(=O)Nc1ccccc1)n1nnc(-c2cccc(C(F)(F)F)c2)n1. The molecule has 0 radical (unpaired) electrons. The van der Waals surface area contributed by atoms with Gasteiger partial charge < -0.3 is 5.32 Å². The Morgan fingerprint density at radius 3 is 2.54 bits per heavy atom. The lowest BCUT2D eigenvalue weighted by Crippen LogP contribution is -2.25. The zero-order chi connectivity index (χ0) is 18.7. The molecule has 1 atom stereocenters. The van der Waals surface area contributed by atoms with Gasteiger partial charge in [0.05, 0.1) is 5.56 Å². The summed E-state index contributed by atoms with van der Waals surface area (Å²) in [6.07, 6.45) is -4.46. The van der Waals surface area contributed by atoms with Crippen molar-refractivity contribution < 1.29 is 18.0 Å². The molecule has 1 N–H and O–H groups in total. The van der Waals surface area contributed by atoms with E-state index in [1.807, 2.05) is 6.07 Å². The van der Waals surface area contributed by atoms with Gasteiger partial charge in [-0.1, -0.05) is 30.3 Å². The van der Waals surface area contributed by atoms with Gasteiger partial charge in [0, 0.05) is 11.3 Å². The Kier molecular flexibility index (Phi) is 4.70. The van der Waals surface area contributed by atoms with E-state index >= 15 is 0 Å². The Hall–Kier alpha value is -3.23. The predicted octanol–water partition coefficient (Wildman–Crippen LogP) is 3.56. The Balaban J connectivity index is 1.78. The summed E-state index contributed by atoms with van der Waals surface area (Å²) in [5.41, 5.74) is -0.0227. The molecule has 1 amide bonds. The second-order valence-electron chi connectivity index (χ2n) is 5.54. The van der Waals surface area contributed by atoms with Crippen molar-refractivity contribution in [1.29, 1.82) is 0 Å². The fourth-order valence-corrected chi connectivity index (χ4v) is 2.21. The number of benzene rings is 2. The van der Waals surface area contributed by atoms with Gasteiger partial charge in [-0.2, -0.15) is 18.0 Å². The Morgan fingerprint density at radius 2 is 1.85 bits per heavy atom. The fraction of sp³-hybridized carbons (Fsp3) is 0.176. The van der Waals surface area contributed by atoms with E-state index in [0.29, 0.717) is 5.69 Å². The van der Waals surface area contributed by atoms with E-state index in [4.69, 9.17) is 0 Å². The van der Waals surface area contributed by atoms with Crippen LogP contribution in [0.15, 0.2) is 54.6 Å². The molecule has 0 saturated heterocycles. The van der Waals surface area contributed by atoms with Crippen LogP contribution in [0.1, 0.15) is 18.5 Å². The van der Waals surface area contributed by atoms with Gasteiger partial charge >= 0.3 is 6.18 Å². The molecule has 0 spiro atoms. The highest BCUT2D eigenvalue weighted by Crippen LogP contribution is 2.31. The van der Waals surface area contributed by atoms with Gasteiger partial charge in [0.2, 0.25) is 5.82 Å². The molecule has 1 aromatic heterocycles. The van der Waals surface area contributed by atoms with Gasteiger partial charge in [-0.15, -0.1) is 10.2 Å². The first-order valence-electron chi connectivity index (χ1n) is 7.67. The lowest BCUT2D eigenvalue weighted by Gasteiger charge is -2.10. The number of carbonyl (C=O) groups is 1. The summed E-state index contributed by atoms with van der Waals surface area (Å²) in [5.74, 6) is -0.361. The summed E-state index contributed by atoms with van der Waals surface area (Å²) in [5, 5.41) is 14.3. The third-order valence-corrected chi connectivity index (χ3v) is 3.64. The Bertz CT molecular complexity index is 908. The van der Waals surface area contributed by atoms with Gasteiger partial charge in [-0.25, -0.2) is 0 Å². The Labute approximate surface area is 146 Å². The van der Waals surface area contributed by atoms with Crippen molar-refractivity contribution in [3.8, 4) is 11.4 Å². The molecule has 3 aromatic rings. The number of tetrazole rings is 1. The van der Waals surface area contributed by atoms with E-state index < -0.39 is 17.8 Å². The van der Waals surface area contributed by atoms with Crippen LogP contribution in [0.2, 0.25) is 0 Å². The van der Waals surface area contributed by atoms with Crippen LogP contribution in [0, 0.1) is 0 Å². The summed E-state index contributed by atoms with van der Waals surface area (Å²) in [6.45, 7) is 1.57. The van der Waals surface area contributed by atoms with Crippen LogP contribution in [0.4, 0.5) is 18.9 Å². The number of hydrogen-bond donors (Lipinski definition) is 1. The maximum Gasteiger partial charge on any atom is 0.416 e. The third-order valence-electron chi connectivity index (χ3n) is 3.64. The molecule has 134 valence electrons. The summed E-state index contributed by atoms with van der Waals surface area (Å²) in [7, 11) is 0. The van der Waals surface area contributed by atoms with Crippen LogP contribution < -0.4 is 5.32 Å². The molecule has 3 rings (SSSR count). The molecule has 0 aliphatic rings. The number of rotatable bonds is 4. The number of anilines is 1. The van der Waals surface area contributed by atoms with Crippen LogP contribution in [0.5, 0.6) is 0 Å². The van der Waals surface area contributed by atoms with Crippen LogP contribution >= 0.6 is 0 Å². The van der Waals surface area contributed by atoms with E-state index in [0.717, 1.165) is 16.9 Å². The van der Waals surface area contributed by atoms with E-state index in [-0.39, 0.29) is 17.3 Å². The summed E-state index contributed by atoms with van der Waals surface area (Å²) < 4.78 is 38.4. The summed E-state index contributed by atoms with van der Waals surface area (Å²) >= 11 is 0. The number of alkyl halides is 3. The minimum absolute atomic E-state index is 0.00969. The minimum Gasteiger partial charge on any atom is -0.324 e. The molecule has 1 heterocycles. The predicted molar refractivity (Wildman–Crippen MR) is 88.0 cm³/mol. The quantitative estimate of drug-likeness (QED) is 0.771. The molecule has 0 bridgehead atoms. The molecule has 0 fully saturated rings. The number of hydrogen-bond acceptors (Lipinski definition) is 4. The third kappa shape index (κ3) is 3.88. The molecule has 0 saturated carbocycles. The first-order chi connectivity index (χ1) is 12.3. The monoisotopic (exact) mass is 361 g/mol. The van der Waals surface area contributed by atoms with Crippen molar-refractivity contribution in [1.82, 2.24) is 20.2 Å². The van der Waals surface area contributed by atoms with E-state index in [1.54, 1.807) is 31.2 Å². The highest BCUT2D eigenvalue weighted by molar-refractivity contribution is 5.93. The molecule has 0 aliphatic carbocycles. The van der Waals surface area contributed by atoms with E-state index in [1.165, 1.54) is 12.1 Å². The largest absolute Gasteiger partial charge is 0.416 e. The van der Waals surface area contributed by atoms with Crippen molar-refractivity contribution in [2.75, 3.05) is 5.32 Å². The number of para-hydroxylation sites is 1. The topological polar surface area (TPSA) is 72.7 Å². The van der Waals surface area contributed by atoms with Crippen LogP contribution in [0.25, 0.3) is 11.4 Å². The lowest BCUT2D eigenvalue weighted by atomic mass is 10.1. The van der Waals surface area contributed by atoms with E-state index in [9.17, 15) is 18.0 Å². The maximum absolute atomic E-state index is 12.8. The Morgan fingerprint density at radius 1 is 1.12 bits per heavy atom. The smallest absolute Gasteiger partial charge is 0.324 e. The molecular weight excluding hydrogens is 347 g/mol. The number of nitrogens with zero attached hydrogens (tertiary/aromatic N) is 4. The van der Waals surface area contributed by atoms with Crippen LogP contribution in [-0.4, -0.2) is 26.1 Å². The van der Waals surface area contributed by atoms with Crippen molar-refractivity contribution >= 4 is 11.6 Å². The second-order valence-corrected chi connectivity index (χ2v) is 5.54. The highest BCUT2D eigenvalue weighted by Gasteiger charge is 2.31. The summed E-state index contributed by atoms with van der Waals surface area (Å²) in [6, 6.07) is 12.7. The van der Waals surface area contributed by atoms with Crippen molar-refractivity contribution in [2.24, 2.45) is 0 Å². The molecular formula is C17H14F3N5O. The highest BCUT2D eigenvalue weighted by atomic mass is 19.4. The number of aromatic nitrogens is 4. The maximum atomic E-state index is 12.8.